The summed E-state index contributed by atoms with van der Waals surface area (Å²) in [6.45, 7) is 21.9. The molecule has 0 saturated heterocycles. The van der Waals surface area contributed by atoms with Gasteiger partial charge in [-0.05, 0) is 158 Å². The van der Waals surface area contributed by atoms with Crippen molar-refractivity contribution in [3.05, 3.63) is 71.8 Å². The Morgan fingerprint density at radius 1 is 0.952 bits per heavy atom. The van der Waals surface area contributed by atoms with Gasteiger partial charge in [-0.25, -0.2) is 9.59 Å². The minimum Gasteiger partial charge on any atom is -0.480 e. The summed E-state index contributed by atoms with van der Waals surface area (Å²) in [6.07, 6.45) is 23.3. The van der Waals surface area contributed by atoms with Crippen LogP contribution in [0, 0.1) is 51.2 Å². The van der Waals surface area contributed by atoms with Crippen LogP contribution in [0.15, 0.2) is 60.7 Å². The summed E-state index contributed by atoms with van der Waals surface area (Å²) in [6, 6.07) is 5.57. The van der Waals surface area contributed by atoms with Crippen molar-refractivity contribution in [3.63, 3.8) is 0 Å². The van der Waals surface area contributed by atoms with Gasteiger partial charge in [0.1, 0.15) is 12.6 Å². The van der Waals surface area contributed by atoms with Gasteiger partial charge in [0.05, 0.1) is 12.2 Å². The molecule has 11 heteroatoms. The van der Waals surface area contributed by atoms with Crippen LogP contribution in [0.3, 0.4) is 0 Å². The van der Waals surface area contributed by atoms with E-state index in [2.05, 4.69) is 56.8 Å². The molecule has 6 aliphatic rings. The number of halogens is 1. The Labute approximate surface area is 377 Å². The standard InChI is InChI=1S/C26H44O.C21H23FN2O7.C3H6.C2H6/c1-23(2)20-11-15-25(4)19-10-14-24(3)13-6-7-18(24)17(19)8-9-21(25)26(20,5)16-12-22(23)27;22-31-19(26)12-30-17-6-4-15(5-7-17)11-18(21(28)29)24-20(27)16-3-1-2-14(10-16)8-9-23-13-25;1-3-2;1-2/h17-22,27H,6-16H2,1-5H3;1-6,10,13,17-18H,7-9,11-12H2,(H,23,25)(H,24,27)(H,28,29);3H,1H2,2H3;1-2H3. The molecule has 10 nitrogen and oxygen atoms in total. The predicted molar refractivity (Wildman–Crippen MR) is 246 cm³/mol. The highest BCUT2D eigenvalue weighted by Crippen LogP contribution is 2.72. The Morgan fingerprint density at radius 2 is 1.67 bits per heavy atom. The van der Waals surface area contributed by atoms with Gasteiger partial charge in [0, 0.05) is 23.1 Å². The van der Waals surface area contributed by atoms with E-state index >= 15 is 0 Å². The predicted octanol–water partition coefficient (Wildman–Crippen LogP) is 10.3. The van der Waals surface area contributed by atoms with Crippen LogP contribution in [0.25, 0.3) is 0 Å². The first-order valence-corrected chi connectivity index (χ1v) is 23.8. The second-order valence-electron chi connectivity index (χ2n) is 20.2. The molecular weight excluding hydrogens is 800 g/mol. The molecule has 1 aromatic rings. The first-order valence-electron chi connectivity index (χ1n) is 23.8. The van der Waals surface area contributed by atoms with Crippen LogP contribution >= 0.6 is 0 Å². The molecule has 0 aliphatic heterocycles. The fraction of sp³-hybridized carbons (Fsp3) is 0.692. The van der Waals surface area contributed by atoms with Gasteiger partial charge in [0.2, 0.25) is 6.41 Å². The van der Waals surface area contributed by atoms with E-state index in [-0.39, 0.29) is 17.9 Å². The van der Waals surface area contributed by atoms with Gasteiger partial charge in [-0.15, -0.1) is 6.58 Å². The Morgan fingerprint density at radius 3 is 2.32 bits per heavy atom. The normalized spacial score (nSPS) is 33.6. The van der Waals surface area contributed by atoms with E-state index in [1.807, 2.05) is 20.8 Å². The minimum absolute atomic E-state index is 0.0553. The average Bonchev–Trinajstić information content (AvgIpc) is 3.68. The van der Waals surface area contributed by atoms with E-state index in [1.54, 1.807) is 48.6 Å². The van der Waals surface area contributed by atoms with Gasteiger partial charge in [-0.2, -0.15) is 0 Å². The van der Waals surface area contributed by atoms with Gasteiger partial charge in [-0.3, -0.25) is 14.5 Å². The zero-order chi connectivity index (χ0) is 46.6. The fourth-order valence-corrected chi connectivity index (χ4v) is 13.5. The first kappa shape index (κ1) is 51.8. The van der Waals surface area contributed by atoms with E-state index in [9.17, 15) is 33.9 Å². The van der Waals surface area contributed by atoms with Gasteiger partial charge < -0.3 is 25.6 Å². The number of carboxylic acid groups (broad SMARTS) is 1. The van der Waals surface area contributed by atoms with E-state index < -0.39 is 36.6 Å². The van der Waals surface area contributed by atoms with E-state index in [4.69, 9.17) is 4.74 Å². The molecule has 7 rings (SSSR count). The van der Waals surface area contributed by atoms with Gasteiger partial charge >= 0.3 is 11.9 Å². The van der Waals surface area contributed by atoms with Gasteiger partial charge in [0.25, 0.3) is 5.91 Å². The number of carbonyl (C=O) groups excluding carboxylic acids is 3. The number of carbonyl (C=O) groups is 4. The Bertz CT molecular complexity index is 1780. The largest absolute Gasteiger partial charge is 0.480 e. The number of rotatable bonds is 12. The number of hydrogen-bond acceptors (Lipinski definition) is 7. The van der Waals surface area contributed by atoms with Crippen LogP contribution < -0.4 is 10.6 Å². The van der Waals surface area contributed by atoms with Crippen molar-refractivity contribution in [1.82, 2.24) is 10.6 Å². The molecule has 0 bridgehead atoms. The Kier molecular flexibility index (Phi) is 18.8. The minimum atomic E-state index is -1.18. The van der Waals surface area contributed by atoms with Crippen LogP contribution in [0.2, 0.25) is 0 Å². The lowest BCUT2D eigenvalue weighted by molar-refractivity contribution is -0.213. The number of amides is 2. The van der Waals surface area contributed by atoms with Crippen molar-refractivity contribution in [3.8, 4) is 0 Å². The zero-order valence-corrected chi connectivity index (χ0v) is 39.6. The van der Waals surface area contributed by atoms with Crippen molar-refractivity contribution < 1.29 is 43.6 Å². The third-order valence-corrected chi connectivity index (χ3v) is 16.4. The molecule has 0 spiro atoms. The highest BCUT2D eigenvalue weighted by atomic mass is 19.3. The molecule has 11 atom stereocenters. The Balaban J connectivity index is 0.000000252. The number of aliphatic carboxylic acids is 1. The topological polar surface area (TPSA) is 151 Å². The lowest BCUT2D eigenvalue weighted by Crippen LogP contribution is -2.63. The maximum Gasteiger partial charge on any atom is 0.374 e. The first-order chi connectivity index (χ1) is 30.0. The number of aliphatic hydroxyl groups excluding tert-OH is 1. The third kappa shape index (κ3) is 11.9. The number of ether oxygens (including phenoxy) is 1. The molecule has 0 aromatic heterocycles. The molecule has 6 aliphatic carbocycles. The number of allylic oxidation sites excluding steroid dienone is 2. The van der Waals surface area contributed by atoms with Crippen molar-refractivity contribution in [2.24, 2.45) is 51.2 Å². The summed E-state index contributed by atoms with van der Waals surface area (Å²) in [7, 11) is 0. The lowest BCUT2D eigenvalue weighted by Gasteiger charge is -2.69. The quantitative estimate of drug-likeness (QED) is 0.0921. The summed E-state index contributed by atoms with van der Waals surface area (Å²) in [4.78, 5) is 48.3. The molecule has 0 heterocycles. The second kappa shape index (κ2) is 22.9. The van der Waals surface area contributed by atoms with Crippen molar-refractivity contribution in [2.45, 2.75) is 164 Å². The van der Waals surface area contributed by atoms with Crippen LogP contribution in [0.4, 0.5) is 4.53 Å². The molecule has 2 amide bonds. The molecule has 0 radical (unpaired) electrons. The summed E-state index contributed by atoms with van der Waals surface area (Å²) in [5.74, 6) is 1.80. The highest BCUT2D eigenvalue weighted by Gasteiger charge is 2.65. The molecule has 352 valence electrons. The van der Waals surface area contributed by atoms with E-state index in [0.717, 1.165) is 35.7 Å². The van der Waals surface area contributed by atoms with Gasteiger partial charge in [-0.1, -0.05) is 91.3 Å². The lowest BCUT2D eigenvalue weighted by atomic mass is 9.36. The average molecular weight is 879 g/mol. The monoisotopic (exact) mass is 879 g/mol. The van der Waals surface area contributed by atoms with Crippen LogP contribution in [0.5, 0.6) is 0 Å². The molecule has 5 fully saturated rings. The van der Waals surface area contributed by atoms with Crippen molar-refractivity contribution in [1.29, 1.82) is 0 Å². The Hall–Kier alpha value is -3.83. The van der Waals surface area contributed by atoms with Gasteiger partial charge in [0.15, 0.2) is 0 Å². The summed E-state index contributed by atoms with van der Waals surface area (Å²) >= 11 is 0. The number of carboxylic acids is 1. The summed E-state index contributed by atoms with van der Waals surface area (Å²) in [5, 5.41) is 25.3. The third-order valence-electron chi connectivity index (χ3n) is 16.4. The maximum absolute atomic E-state index is 12.5. The van der Waals surface area contributed by atoms with Crippen molar-refractivity contribution >= 4 is 24.3 Å². The SMILES string of the molecule is C=CC.CC.CC12CCCC1C1CCC3C(C)(CCC4C(C)(C)C(O)CCC43C)C1CC2.O=CNCCc1cccc(C(=O)NC(CC2=CCC(OCC(=O)OF)C=C2)C(=O)O)c1. The van der Waals surface area contributed by atoms with Crippen LogP contribution in [0.1, 0.15) is 155 Å². The maximum atomic E-state index is 12.5. The fourth-order valence-electron chi connectivity index (χ4n) is 13.5. The number of nitrogens with one attached hydrogen (secondary N) is 2. The highest BCUT2D eigenvalue weighted by molar-refractivity contribution is 5.96. The number of hydrogen-bond donors (Lipinski definition) is 4. The number of benzene rings is 1. The second-order valence-corrected chi connectivity index (χ2v) is 20.2. The van der Waals surface area contributed by atoms with Crippen LogP contribution in [-0.2, 0) is 30.5 Å². The van der Waals surface area contributed by atoms with E-state index in [0.29, 0.717) is 59.1 Å². The summed E-state index contributed by atoms with van der Waals surface area (Å²) in [5.41, 5.74) is 3.62. The summed E-state index contributed by atoms with van der Waals surface area (Å²) < 4.78 is 16.8. The van der Waals surface area contributed by atoms with Crippen molar-refractivity contribution in [2.75, 3.05) is 13.2 Å². The molecule has 4 N–H and O–H groups in total. The smallest absolute Gasteiger partial charge is 0.374 e. The molecule has 5 saturated carbocycles. The van der Waals surface area contributed by atoms with Crippen LogP contribution in [-0.4, -0.2) is 65.9 Å². The molecular formula is C52H79FN2O8. The number of fused-ring (bicyclic) bond motifs is 7. The molecule has 1 aromatic carbocycles. The number of aliphatic hydroxyl groups is 1. The zero-order valence-electron chi connectivity index (χ0n) is 39.6. The molecule has 63 heavy (non-hydrogen) atoms. The van der Waals surface area contributed by atoms with E-state index in [1.165, 1.54) is 64.2 Å². The molecule has 11 unspecified atom stereocenters.